The predicted molar refractivity (Wildman–Crippen MR) is 119 cm³/mol. The second-order valence-electron chi connectivity index (χ2n) is 7.55. The summed E-state index contributed by atoms with van der Waals surface area (Å²) < 4.78 is 27.0. The number of rotatable bonds is 5. The van der Waals surface area contributed by atoms with Crippen molar-refractivity contribution in [2.45, 2.75) is 36.6 Å². The Labute approximate surface area is 186 Å². The Balaban J connectivity index is 1.41. The van der Waals surface area contributed by atoms with Gasteiger partial charge in [-0.15, -0.1) is 0 Å². The number of piperidine rings is 1. The SMILES string of the molecule is O=C(NCc1ccc(S(=O)(=O)N2CCCCC2)cc1)C1C=C(Cl)c2cc(Cl)ccc21. The molecule has 1 unspecified atom stereocenters. The van der Waals surface area contributed by atoms with Crippen LogP contribution >= 0.6 is 23.2 Å². The largest absolute Gasteiger partial charge is 0.351 e. The lowest BCUT2D eigenvalue weighted by atomic mass is 10.00. The molecule has 8 heteroatoms. The van der Waals surface area contributed by atoms with Gasteiger partial charge in [-0.2, -0.15) is 4.31 Å². The van der Waals surface area contributed by atoms with Crippen LogP contribution in [0.2, 0.25) is 5.02 Å². The van der Waals surface area contributed by atoms with Crippen LogP contribution in [0.25, 0.3) is 5.03 Å². The smallest absolute Gasteiger partial charge is 0.243 e. The van der Waals surface area contributed by atoms with Crippen molar-refractivity contribution < 1.29 is 13.2 Å². The minimum Gasteiger partial charge on any atom is -0.351 e. The molecule has 2 aromatic carbocycles. The molecule has 4 rings (SSSR count). The number of sulfonamides is 1. The summed E-state index contributed by atoms with van der Waals surface area (Å²) in [5, 5.41) is 3.99. The van der Waals surface area contributed by atoms with Crippen molar-refractivity contribution in [3.8, 4) is 0 Å². The molecule has 0 spiro atoms. The summed E-state index contributed by atoms with van der Waals surface area (Å²) >= 11 is 12.3. The van der Waals surface area contributed by atoms with E-state index in [4.69, 9.17) is 23.2 Å². The third-order valence-electron chi connectivity index (χ3n) is 5.55. The molecule has 1 atom stereocenters. The van der Waals surface area contributed by atoms with E-state index in [0.29, 0.717) is 29.7 Å². The first-order valence-corrected chi connectivity index (χ1v) is 12.1. The van der Waals surface area contributed by atoms with Crippen LogP contribution in [0, 0.1) is 0 Å². The fourth-order valence-corrected chi connectivity index (χ4v) is 5.86. The van der Waals surface area contributed by atoms with Gasteiger partial charge in [0, 0.05) is 29.7 Å². The van der Waals surface area contributed by atoms with Crippen LogP contribution < -0.4 is 5.32 Å². The lowest BCUT2D eigenvalue weighted by Gasteiger charge is -2.25. The van der Waals surface area contributed by atoms with E-state index in [-0.39, 0.29) is 10.8 Å². The topological polar surface area (TPSA) is 66.5 Å². The zero-order valence-corrected chi connectivity index (χ0v) is 18.6. The van der Waals surface area contributed by atoms with Gasteiger partial charge in [0.25, 0.3) is 0 Å². The van der Waals surface area contributed by atoms with Crippen molar-refractivity contribution in [1.29, 1.82) is 0 Å². The Hall–Kier alpha value is -1.86. The lowest BCUT2D eigenvalue weighted by molar-refractivity contribution is -0.121. The first kappa shape index (κ1) is 21.4. The quantitative estimate of drug-likeness (QED) is 0.707. The number of benzene rings is 2. The first-order chi connectivity index (χ1) is 14.4. The number of carbonyl (C=O) groups is 1. The average Bonchev–Trinajstić information content (AvgIpc) is 3.09. The molecular formula is C22H22Cl2N2O3S. The van der Waals surface area contributed by atoms with Crippen molar-refractivity contribution in [1.82, 2.24) is 9.62 Å². The summed E-state index contributed by atoms with van der Waals surface area (Å²) in [6.45, 7) is 1.45. The van der Waals surface area contributed by atoms with Crippen molar-refractivity contribution in [2.75, 3.05) is 13.1 Å². The van der Waals surface area contributed by atoms with E-state index >= 15 is 0 Å². The molecule has 0 saturated carbocycles. The summed E-state index contributed by atoms with van der Waals surface area (Å²) in [5.41, 5.74) is 2.42. The van der Waals surface area contributed by atoms with Gasteiger partial charge < -0.3 is 5.32 Å². The number of halogens is 2. The molecule has 1 heterocycles. The van der Waals surface area contributed by atoms with E-state index in [0.717, 1.165) is 36.0 Å². The van der Waals surface area contributed by atoms with E-state index < -0.39 is 15.9 Å². The van der Waals surface area contributed by atoms with Crippen LogP contribution in [-0.4, -0.2) is 31.7 Å². The van der Waals surface area contributed by atoms with Crippen molar-refractivity contribution in [3.63, 3.8) is 0 Å². The van der Waals surface area contributed by atoms with Gasteiger partial charge in [0.15, 0.2) is 0 Å². The van der Waals surface area contributed by atoms with Gasteiger partial charge in [0.05, 0.1) is 10.8 Å². The number of nitrogens with zero attached hydrogens (tertiary/aromatic N) is 1. The van der Waals surface area contributed by atoms with Gasteiger partial charge >= 0.3 is 0 Å². The summed E-state index contributed by atoms with van der Waals surface area (Å²) in [4.78, 5) is 13.0. The number of carbonyl (C=O) groups excluding carboxylic acids is 1. The van der Waals surface area contributed by atoms with Crippen LogP contribution in [0.4, 0.5) is 0 Å². The Morgan fingerprint density at radius 2 is 1.73 bits per heavy atom. The van der Waals surface area contributed by atoms with E-state index in [1.165, 1.54) is 0 Å². The maximum Gasteiger partial charge on any atom is 0.243 e. The van der Waals surface area contributed by atoms with Gasteiger partial charge in [0.1, 0.15) is 0 Å². The highest BCUT2D eigenvalue weighted by Crippen LogP contribution is 2.39. The van der Waals surface area contributed by atoms with Crippen molar-refractivity contribution in [2.24, 2.45) is 0 Å². The standard InChI is InChI=1S/C22H22Cl2N2O3S/c23-16-6-9-18-19(12-16)21(24)13-20(18)22(27)25-14-15-4-7-17(8-5-15)30(28,29)26-10-2-1-3-11-26/h4-9,12-13,20H,1-3,10-11,14H2,(H,25,27). The molecule has 2 aromatic rings. The number of amides is 1. The average molecular weight is 465 g/mol. The molecule has 5 nitrogen and oxygen atoms in total. The summed E-state index contributed by atoms with van der Waals surface area (Å²) in [6.07, 6.45) is 4.59. The Bertz CT molecular complexity index is 1090. The van der Waals surface area contributed by atoms with E-state index in [9.17, 15) is 13.2 Å². The molecule has 1 saturated heterocycles. The highest BCUT2D eigenvalue weighted by atomic mass is 35.5. The van der Waals surface area contributed by atoms with Gasteiger partial charge in [-0.1, -0.05) is 47.8 Å². The molecule has 1 fully saturated rings. The van der Waals surface area contributed by atoms with Crippen molar-refractivity contribution >= 4 is 44.2 Å². The Kier molecular flexibility index (Phi) is 6.21. The third-order valence-corrected chi connectivity index (χ3v) is 8.02. The van der Waals surface area contributed by atoms with E-state index in [1.807, 2.05) is 6.07 Å². The highest BCUT2D eigenvalue weighted by Gasteiger charge is 2.28. The molecule has 0 bridgehead atoms. The van der Waals surface area contributed by atoms with Crippen LogP contribution in [0.5, 0.6) is 0 Å². The normalized spacial score (nSPS) is 19.3. The molecular weight excluding hydrogens is 443 g/mol. The van der Waals surface area contributed by atoms with Crippen LogP contribution in [0.1, 0.15) is 41.9 Å². The molecule has 0 aromatic heterocycles. The monoisotopic (exact) mass is 464 g/mol. The van der Waals surface area contributed by atoms with Crippen LogP contribution in [0.3, 0.4) is 0 Å². The fourth-order valence-electron chi connectivity index (χ4n) is 3.88. The number of nitrogens with one attached hydrogen (secondary N) is 1. The zero-order valence-electron chi connectivity index (χ0n) is 16.3. The second-order valence-corrected chi connectivity index (χ2v) is 10.3. The van der Waals surface area contributed by atoms with Crippen LogP contribution in [-0.2, 0) is 21.4 Å². The summed E-state index contributed by atoms with van der Waals surface area (Å²) in [6, 6.07) is 12.0. The Morgan fingerprint density at radius 1 is 1.03 bits per heavy atom. The van der Waals surface area contributed by atoms with Gasteiger partial charge in [-0.3, -0.25) is 4.79 Å². The van der Waals surface area contributed by atoms with E-state index in [2.05, 4.69) is 5.32 Å². The minimum absolute atomic E-state index is 0.167. The lowest BCUT2D eigenvalue weighted by Crippen LogP contribution is -2.35. The molecule has 1 aliphatic carbocycles. The van der Waals surface area contributed by atoms with Gasteiger partial charge in [-0.05, 0) is 59.9 Å². The minimum atomic E-state index is -3.45. The molecule has 30 heavy (non-hydrogen) atoms. The van der Waals surface area contributed by atoms with Crippen LogP contribution in [0.15, 0.2) is 53.4 Å². The highest BCUT2D eigenvalue weighted by molar-refractivity contribution is 7.89. The molecule has 1 amide bonds. The van der Waals surface area contributed by atoms with Gasteiger partial charge in [-0.25, -0.2) is 8.42 Å². The molecule has 1 aliphatic heterocycles. The predicted octanol–water partition coefficient (Wildman–Crippen LogP) is 4.51. The molecule has 0 radical (unpaired) electrons. The van der Waals surface area contributed by atoms with Crippen molar-refractivity contribution in [3.05, 3.63) is 70.3 Å². The number of hydrogen-bond acceptors (Lipinski definition) is 3. The molecule has 158 valence electrons. The summed E-state index contributed by atoms with van der Waals surface area (Å²) in [7, 11) is -3.45. The van der Waals surface area contributed by atoms with Gasteiger partial charge in [0.2, 0.25) is 15.9 Å². The maximum atomic E-state index is 12.7. The third kappa shape index (κ3) is 4.28. The second kappa shape index (κ2) is 8.71. The maximum absolute atomic E-state index is 12.7. The fraction of sp³-hybridized carbons (Fsp3) is 0.318. The molecule has 1 N–H and O–H groups in total. The first-order valence-electron chi connectivity index (χ1n) is 9.90. The zero-order chi connectivity index (χ0) is 21.3. The molecule has 2 aliphatic rings. The number of fused-ring (bicyclic) bond motifs is 1. The van der Waals surface area contributed by atoms with E-state index in [1.54, 1.807) is 46.8 Å². The Morgan fingerprint density at radius 3 is 2.43 bits per heavy atom. The summed E-state index contributed by atoms with van der Waals surface area (Å²) in [5.74, 6) is -0.636. The number of hydrogen-bond donors (Lipinski definition) is 1.